The van der Waals surface area contributed by atoms with E-state index in [0.29, 0.717) is 13.0 Å². The lowest BCUT2D eigenvalue weighted by atomic mass is 9.44. The van der Waals surface area contributed by atoms with Crippen LogP contribution in [0.25, 0.3) is 0 Å². The van der Waals surface area contributed by atoms with E-state index in [2.05, 4.69) is 13.8 Å². The second-order valence-electron chi connectivity index (χ2n) is 11.2. The molecule has 8 nitrogen and oxygen atoms in total. The average Bonchev–Trinajstić information content (AvgIpc) is 3.42. The maximum absolute atomic E-state index is 12.4. The molecule has 0 aromatic rings. The lowest BCUT2D eigenvalue weighted by molar-refractivity contribution is -0.257. The molecule has 2 N–H and O–H groups in total. The van der Waals surface area contributed by atoms with Gasteiger partial charge in [0.25, 0.3) is 0 Å². The Bertz CT molecular complexity index is 887. The Balaban J connectivity index is 1.39. The third kappa shape index (κ3) is 2.35. The minimum Gasteiger partial charge on any atom is -0.481 e. The molecule has 9 atom stereocenters. The fourth-order valence-electron chi connectivity index (χ4n) is 8.96. The van der Waals surface area contributed by atoms with Gasteiger partial charge < -0.3 is 29.2 Å². The van der Waals surface area contributed by atoms with Crippen LogP contribution in [0.4, 0.5) is 0 Å². The van der Waals surface area contributed by atoms with Gasteiger partial charge in [-0.25, -0.2) is 0 Å². The number of carbonyl (C=O) groups is 2. The number of hydrogen-bond acceptors (Lipinski definition) is 7. The molecule has 5 fully saturated rings. The molecule has 6 rings (SSSR count). The molecule has 0 amide bonds. The minimum atomic E-state index is -1.07. The first kappa shape index (κ1) is 21.2. The van der Waals surface area contributed by atoms with Crippen LogP contribution in [0.15, 0.2) is 11.6 Å². The number of hydrogen-bond donors (Lipinski definition) is 2. The zero-order valence-corrected chi connectivity index (χ0v) is 18.7. The Kier molecular flexibility index (Phi) is 4.40. The number of aliphatic carboxylic acids is 1. The first-order valence-corrected chi connectivity index (χ1v) is 11.8. The van der Waals surface area contributed by atoms with Crippen molar-refractivity contribution in [2.24, 2.45) is 34.5 Å². The van der Waals surface area contributed by atoms with E-state index in [4.69, 9.17) is 18.9 Å². The highest BCUT2D eigenvalue weighted by Crippen LogP contribution is 2.71. The van der Waals surface area contributed by atoms with E-state index >= 15 is 0 Å². The topological polar surface area (TPSA) is 112 Å². The van der Waals surface area contributed by atoms with Crippen LogP contribution in [-0.4, -0.2) is 59.7 Å². The van der Waals surface area contributed by atoms with Crippen molar-refractivity contribution >= 4 is 11.8 Å². The van der Waals surface area contributed by atoms with E-state index in [0.717, 1.165) is 31.3 Å². The van der Waals surface area contributed by atoms with Crippen molar-refractivity contribution in [3.05, 3.63) is 11.6 Å². The van der Waals surface area contributed by atoms with E-state index in [1.807, 2.05) is 0 Å². The molecule has 0 aromatic carbocycles. The maximum atomic E-state index is 12.4. The molecule has 6 unspecified atom stereocenters. The molecule has 8 heteroatoms. The van der Waals surface area contributed by atoms with Gasteiger partial charge >= 0.3 is 5.97 Å². The molecular weight excluding hydrogens is 416 g/mol. The van der Waals surface area contributed by atoms with Crippen LogP contribution in [0.5, 0.6) is 0 Å². The summed E-state index contributed by atoms with van der Waals surface area (Å²) in [6.45, 7) is 4.94. The fourth-order valence-corrected chi connectivity index (χ4v) is 8.96. The van der Waals surface area contributed by atoms with E-state index in [1.165, 1.54) is 0 Å². The summed E-state index contributed by atoms with van der Waals surface area (Å²) in [5.74, 6) is -2.91. The molecule has 2 saturated heterocycles. The van der Waals surface area contributed by atoms with Crippen LogP contribution in [0.1, 0.15) is 52.4 Å². The van der Waals surface area contributed by atoms with Crippen LogP contribution < -0.4 is 0 Å². The van der Waals surface area contributed by atoms with Gasteiger partial charge in [0.15, 0.2) is 19.4 Å². The molecule has 6 aliphatic rings. The summed E-state index contributed by atoms with van der Waals surface area (Å²) < 4.78 is 24.0. The highest BCUT2D eigenvalue weighted by atomic mass is 16.9. The van der Waals surface area contributed by atoms with Gasteiger partial charge in [-0.3, -0.25) is 9.59 Å². The number of rotatable bonds is 1. The molecule has 2 heterocycles. The lowest BCUT2D eigenvalue weighted by Crippen LogP contribution is -2.66. The molecule has 2 spiro atoms. The fraction of sp³-hybridized carbons (Fsp3) is 0.833. The van der Waals surface area contributed by atoms with Crippen molar-refractivity contribution in [1.82, 2.24) is 0 Å². The van der Waals surface area contributed by atoms with Gasteiger partial charge in [0.2, 0.25) is 5.79 Å². The van der Waals surface area contributed by atoms with E-state index < -0.39 is 34.8 Å². The molecule has 4 aliphatic carbocycles. The van der Waals surface area contributed by atoms with Crippen molar-refractivity contribution in [2.75, 3.05) is 20.2 Å². The molecule has 3 saturated carbocycles. The number of aliphatic hydroxyl groups is 1. The van der Waals surface area contributed by atoms with Crippen molar-refractivity contribution < 1.29 is 38.7 Å². The van der Waals surface area contributed by atoms with Gasteiger partial charge in [-0.1, -0.05) is 19.4 Å². The summed E-state index contributed by atoms with van der Waals surface area (Å²) in [7, 11) is 0. The minimum absolute atomic E-state index is 0.0790. The number of carbonyl (C=O) groups excluding carboxylic acids is 1. The number of carboxylic acid groups (broad SMARTS) is 1. The summed E-state index contributed by atoms with van der Waals surface area (Å²) in [4.78, 5) is 24.2. The largest absolute Gasteiger partial charge is 0.481 e. The number of allylic oxidation sites excluding steroid dienone is 1. The Hall–Kier alpha value is -1.32. The number of aliphatic hydroxyl groups excluding tert-OH is 1. The maximum Gasteiger partial charge on any atom is 0.314 e. The van der Waals surface area contributed by atoms with Crippen LogP contribution in [0.2, 0.25) is 0 Å². The van der Waals surface area contributed by atoms with Crippen LogP contribution in [0, 0.1) is 34.5 Å². The first-order chi connectivity index (χ1) is 15.2. The van der Waals surface area contributed by atoms with Gasteiger partial charge in [-0.15, -0.1) is 0 Å². The lowest BCUT2D eigenvalue weighted by Gasteiger charge is -2.61. The summed E-state index contributed by atoms with van der Waals surface area (Å²) in [6.07, 6.45) is 5.11. The van der Waals surface area contributed by atoms with E-state index in [1.54, 1.807) is 6.08 Å². The third-order valence-electron chi connectivity index (χ3n) is 10.3. The zero-order valence-electron chi connectivity index (χ0n) is 18.7. The summed E-state index contributed by atoms with van der Waals surface area (Å²) >= 11 is 0. The standard InChI is InChI=1S/C24H32O8/c1-21-8-15(20(27)28)17(25)7-13(21)3-4-14-16-5-6-23(22(16,2)9-18(26)19(14)21)24(32-12-30-23)10-29-11-31-24/h7,14-16,18-19,26H,3-6,8-12H2,1-2H3,(H,27,28)/t14?,15?,16?,18?,19?,21-,22-,23+,24?/m0/s1. The molecule has 0 radical (unpaired) electrons. The number of carboxylic acids is 1. The SMILES string of the molecule is C[C@]12CC(C(=O)O)C(=O)C=C1CCC1C2C(O)C[C@@]2(C)C1CC[C@@]21OCOC12COCO2. The van der Waals surface area contributed by atoms with Gasteiger partial charge in [0, 0.05) is 5.41 Å². The highest BCUT2D eigenvalue weighted by Gasteiger charge is 2.76. The number of ether oxygens (including phenoxy) is 4. The number of fused-ring (bicyclic) bond motifs is 7. The Morgan fingerprint density at radius 1 is 1.12 bits per heavy atom. The quantitative estimate of drug-likeness (QED) is 0.588. The number of ketones is 1. The third-order valence-corrected chi connectivity index (χ3v) is 10.3. The predicted octanol–water partition coefficient (Wildman–Crippen LogP) is 2.24. The smallest absolute Gasteiger partial charge is 0.314 e. The molecule has 176 valence electrons. The average molecular weight is 449 g/mol. The molecular formula is C24H32O8. The van der Waals surface area contributed by atoms with Gasteiger partial charge in [0.05, 0.1) is 6.10 Å². The van der Waals surface area contributed by atoms with Crippen molar-refractivity contribution in [3.63, 3.8) is 0 Å². The van der Waals surface area contributed by atoms with Gasteiger partial charge in [-0.2, -0.15) is 0 Å². The molecule has 0 bridgehead atoms. The highest BCUT2D eigenvalue weighted by molar-refractivity contribution is 6.05. The van der Waals surface area contributed by atoms with Crippen LogP contribution in [0.3, 0.4) is 0 Å². The Labute approximate surface area is 187 Å². The second-order valence-corrected chi connectivity index (χ2v) is 11.2. The summed E-state index contributed by atoms with van der Waals surface area (Å²) in [5.41, 5.74) is -0.503. The van der Waals surface area contributed by atoms with Crippen LogP contribution >= 0.6 is 0 Å². The monoisotopic (exact) mass is 448 g/mol. The van der Waals surface area contributed by atoms with Crippen molar-refractivity contribution in [1.29, 1.82) is 0 Å². The predicted molar refractivity (Wildman–Crippen MR) is 109 cm³/mol. The van der Waals surface area contributed by atoms with Gasteiger partial charge in [-0.05, 0) is 67.8 Å². The van der Waals surface area contributed by atoms with E-state index in [-0.39, 0.29) is 49.0 Å². The van der Waals surface area contributed by atoms with Crippen molar-refractivity contribution in [3.8, 4) is 0 Å². The normalized spacial score (nSPS) is 54.4. The molecule has 2 aliphatic heterocycles. The van der Waals surface area contributed by atoms with E-state index in [9.17, 15) is 19.8 Å². The van der Waals surface area contributed by atoms with Crippen molar-refractivity contribution in [2.45, 2.75) is 69.9 Å². The zero-order chi connectivity index (χ0) is 22.5. The summed E-state index contributed by atoms with van der Waals surface area (Å²) in [5, 5.41) is 21.3. The summed E-state index contributed by atoms with van der Waals surface area (Å²) in [6, 6.07) is 0. The van der Waals surface area contributed by atoms with Crippen LogP contribution in [-0.2, 0) is 28.5 Å². The van der Waals surface area contributed by atoms with Gasteiger partial charge in [0.1, 0.15) is 18.1 Å². The second kappa shape index (κ2) is 6.63. The Morgan fingerprint density at radius 3 is 2.62 bits per heavy atom. The molecule has 32 heavy (non-hydrogen) atoms. The first-order valence-electron chi connectivity index (χ1n) is 11.8. The Morgan fingerprint density at radius 2 is 1.91 bits per heavy atom. The molecule has 0 aromatic heterocycles.